The van der Waals surface area contributed by atoms with Crippen LogP contribution in [0.2, 0.25) is 0 Å². The summed E-state index contributed by atoms with van der Waals surface area (Å²) in [6, 6.07) is 10.5. The number of rotatable bonds is 6. The second kappa shape index (κ2) is 8.70. The number of methoxy groups -OCH3 is 1. The number of benzene rings is 2. The van der Waals surface area contributed by atoms with Crippen molar-refractivity contribution in [2.24, 2.45) is 10.2 Å². The minimum atomic E-state index is -3.83. The molecule has 9 nitrogen and oxygen atoms in total. The average molecular weight is 443 g/mol. The van der Waals surface area contributed by atoms with E-state index in [4.69, 9.17) is 14.6 Å². The monoisotopic (exact) mass is 443 g/mol. The zero-order valence-electron chi connectivity index (χ0n) is 17.2. The molecule has 1 aliphatic rings. The maximum Gasteiger partial charge on any atom is 0.311 e. The lowest BCUT2D eigenvalue weighted by molar-refractivity contribution is -0.134. The Morgan fingerprint density at radius 3 is 2.42 bits per heavy atom. The summed E-state index contributed by atoms with van der Waals surface area (Å²) in [7, 11) is -2.38. The van der Waals surface area contributed by atoms with Crippen LogP contribution in [0.25, 0.3) is 6.08 Å². The van der Waals surface area contributed by atoms with Crippen molar-refractivity contribution in [2.75, 3.05) is 12.1 Å². The van der Waals surface area contributed by atoms with Crippen LogP contribution in [-0.4, -0.2) is 33.1 Å². The van der Waals surface area contributed by atoms with E-state index in [1.54, 1.807) is 38.1 Å². The first-order valence-corrected chi connectivity index (χ1v) is 10.8. The van der Waals surface area contributed by atoms with E-state index in [1.165, 1.54) is 36.4 Å². The van der Waals surface area contributed by atoms with Crippen LogP contribution in [0, 0.1) is 0 Å². The summed E-state index contributed by atoms with van der Waals surface area (Å²) in [6.45, 7) is 3.38. The fourth-order valence-corrected chi connectivity index (χ4v) is 3.37. The van der Waals surface area contributed by atoms with Gasteiger partial charge in [0, 0.05) is 6.42 Å². The van der Waals surface area contributed by atoms with Gasteiger partial charge in [-0.05, 0) is 55.0 Å². The van der Waals surface area contributed by atoms with E-state index in [-0.39, 0.29) is 28.9 Å². The standard InChI is InChI=1S/C21H21N3O6S/c1-4-20(25)30-18-10-5-14(12-19(18)29-3)11-17-13(2)23-24(21(17)26)15-6-8-16(9-7-15)31(22,27)28/h5-12H,4H2,1-3H3,(H2,22,27,28)/b17-11-. The van der Waals surface area contributed by atoms with Crippen molar-refractivity contribution >= 4 is 39.4 Å². The Balaban J connectivity index is 1.88. The third kappa shape index (κ3) is 4.81. The lowest BCUT2D eigenvalue weighted by Crippen LogP contribution is -2.21. The van der Waals surface area contributed by atoms with Crippen LogP contribution < -0.4 is 19.6 Å². The van der Waals surface area contributed by atoms with Gasteiger partial charge in [-0.2, -0.15) is 10.1 Å². The molecule has 0 unspecified atom stereocenters. The van der Waals surface area contributed by atoms with Gasteiger partial charge >= 0.3 is 5.97 Å². The highest BCUT2D eigenvalue weighted by molar-refractivity contribution is 7.89. The Morgan fingerprint density at radius 2 is 1.84 bits per heavy atom. The molecule has 0 saturated heterocycles. The predicted molar refractivity (Wildman–Crippen MR) is 115 cm³/mol. The normalized spacial score (nSPS) is 15.2. The maximum atomic E-state index is 12.9. The van der Waals surface area contributed by atoms with E-state index in [1.807, 2.05) is 0 Å². The van der Waals surface area contributed by atoms with Crippen LogP contribution in [0.3, 0.4) is 0 Å². The topological polar surface area (TPSA) is 128 Å². The van der Waals surface area contributed by atoms with Crippen molar-refractivity contribution in [1.29, 1.82) is 0 Å². The van der Waals surface area contributed by atoms with Crippen LogP contribution in [0.1, 0.15) is 25.8 Å². The van der Waals surface area contributed by atoms with Gasteiger partial charge in [0.25, 0.3) is 5.91 Å². The Hall–Kier alpha value is -3.50. The fraction of sp³-hybridized carbons (Fsp3) is 0.190. The van der Waals surface area contributed by atoms with Crippen molar-refractivity contribution in [2.45, 2.75) is 25.2 Å². The number of nitrogens with two attached hydrogens (primary N) is 1. The van der Waals surface area contributed by atoms with Crippen LogP contribution in [0.4, 0.5) is 5.69 Å². The molecule has 3 rings (SSSR count). The summed E-state index contributed by atoms with van der Waals surface area (Å²) in [5, 5.41) is 10.6. The Morgan fingerprint density at radius 1 is 1.16 bits per heavy atom. The quantitative estimate of drug-likeness (QED) is 0.415. The summed E-state index contributed by atoms with van der Waals surface area (Å²) in [6.07, 6.45) is 1.88. The van der Waals surface area contributed by atoms with Gasteiger partial charge in [-0.15, -0.1) is 0 Å². The van der Waals surface area contributed by atoms with Crippen molar-refractivity contribution in [3.8, 4) is 11.5 Å². The third-order valence-corrected chi connectivity index (χ3v) is 5.41. The number of hydrazone groups is 1. The molecule has 0 bridgehead atoms. The van der Waals surface area contributed by atoms with E-state index in [0.29, 0.717) is 28.3 Å². The van der Waals surface area contributed by atoms with Crippen LogP contribution >= 0.6 is 0 Å². The van der Waals surface area contributed by atoms with Crippen molar-refractivity contribution < 1.29 is 27.5 Å². The highest BCUT2D eigenvalue weighted by Crippen LogP contribution is 2.31. The first kappa shape index (κ1) is 22.2. The molecule has 2 aromatic carbocycles. The molecule has 10 heteroatoms. The summed E-state index contributed by atoms with van der Waals surface area (Å²) < 4.78 is 33.3. The molecular weight excluding hydrogens is 422 g/mol. The number of primary sulfonamides is 1. The average Bonchev–Trinajstić information content (AvgIpc) is 3.02. The Kier molecular flexibility index (Phi) is 6.23. The molecule has 1 aliphatic heterocycles. The van der Waals surface area contributed by atoms with Gasteiger partial charge in [-0.25, -0.2) is 13.6 Å². The predicted octanol–water partition coefficient (Wildman–Crippen LogP) is 2.46. The zero-order valence-corrected chi connectivity index (χ0v) is 18.0. The molecule has 2 N–H and O–H groups in total. The molecule has 1 amide bonds. The van der Waals surface area contributed by atoms with Crippen molar-refractivity contribution in [1.82, 2.24) is 0 Å². The number of nitrogens with zero attached hydrogens (tertiary/aromatic N) is 2. The van der Waals surface area contributed by atoms with E-state index in [9.17, 15) is 18.0 Å². The van der Waals surface area contributed by atoms with E-state index < -0.39 is 10.0 Å². The summed E-state index contributed by atoms with van der Waals surface area (Å²) in [5.41, 5.74) is 1.90. The summed E-state index contributed by atoms with van der Waals surface area (Å²) >= 11 is 0. The number of anilines is 1. The number of amides is 1. The van der Waals surface area contributed by atoms with E-state index in [2.05, 4.69) is 5.10 Å². The molecule has 1 heterocycles. The number of carbonyl (C=O) groups is 2. The molecule has 162 valence electrons. The Bertz CT molecular complexity index is 1200. The highest BCUT2D eigenvalue weighted by Gasteiger charge is 2.29. The van der Waals surface area contributed by atoms with Gasteiger partial charge in [-0.1, -0.05) is 13.0 Å². The number of carbonyl (C=O) groups excluding carboxylic acids is 2. The number of hydrogen-bond acceptors (Lipinski definition) is 7. The minimum Gasteiger partial charge on any atom is -0.493 e. The van der Waals surface area contributed by atoms with Crippen LogP contribution in [0.5, 0.6) is 11.5 Å². The second-order valence-corrected chi connectivity index (χ2v) is 8.20. The van der Waals surface area contributed by atoms with Gasteiger partial charge in [0.2, 0.25) is 10.0 Å². The number of hydrogen-bond donors (Lipinski definition) is 1. The molecule has 0 aromatic heterocycles. The van der Waals surface area contributed by atoms with E-state index in [0.717, 1.165) is 0 Å². The molecule has 0 aliphatic carbocycles. The number of sulfonamides is 1. The van der Waals surface area contributed by atoms with Crippen LogP contribution in [0.15, 0.2) is 58.0 Å². The first-order valence-electron chi connectivity index (χ1n) is 9.27. The fourth-order valence-electron chi connectivity index (χ4n) is 2.86. The number of esters is 1. The maximum absolute atomic E-state index is 12.9. The molecule has 0 spiro atoms. The van der Waals surface area contributed by atoms with Gasteiger partial charge in [0.05, 0.1) is 29.0 Å². The first-order chi connectivity index (χ1) is 14.6. The summed E-state index contributed by atoms with van der Waals surface area (Å²) in [5.74, 6) is -0.119. The third-order valence-electron chi connectivity index (χ3n) is 4.48. The van der Waals surface area contributed by atoms with Crippen LogP contribution in [-0.2, 0) is 19.6 Å². The zero-order chi connectivity index (χ0) is 22.8. The summed E-state index contributed by atoms with van der Waals surface area (Å²) in [4.78, 5) is 24.4. The Labute approximate surface area is 179 Å². The molecular formula is C21H21N3O6S. The van der Waals surface area contributed by atoms with Gasteiger partial charge in [0.1, 0.15) is 0 Å². The van der Waals surface area contributed by atoms with Gasteiger partial charge < -0.3 is 9.47 Å². The minimum absolute atomic E-state index is 0.0599. The molecule has 0 saturated carbocycles. The van der Waals surface area contributed by atoms with Crippen molar-refractivity contribution in [3.05, 3.63) is 53.6 Å². The molecule has 0 radical (unpaired) electrons. The largest absolute Gasteiger partial charge is 0.493 e. The molecule has 0 fully saturated rings. The highest BCUT2D eigenvalue weighted by atomic mass is 32.2. The molecule has 31 heavy (non-hydrogen) atoms. The van der Waals surface area contributed by atoms with E-state index >= 15 is 0 Å². The van der Waals surface area contributed by atoms with Crippen molar-refractivity contribution in [3.63, 3.8) is 0 Å². The van der Waals surface area contributed by atoms with Gasteiger partial charge in [0.15, 0.2) is 11.5 Å². The molecule has 2 aromatic rings. The lowest BCUT2D eigenvalue weighted by atomic mass is 10.1. The number of ether oxygens (including phenoxy) is 2. The smallest absolute Gasteiger partial charge is 0.311 e. The molecule has 0 atom stereocenters. The van der Waals surface area contributed by atoms with Gasteiger partial charge in [-0.3, -0.25) is 9.59 Å². The SMILES string of the molecule is CCC(=O)Oc1ccc(/C=C2\C(=O)N(c3ccc(S(N)(=O)=O)cc3)N=C2C)cc1OC. The second-order valence-electron chi connectivity index (χ2n) is 6.64. The lowest BCUT2D eigenvalue weighted by Gasteiger charge is -2.12.